The van der Waals surface area contributed by atoms with Crippen LogP contribution in [0.3, 0.4) is 0 Å². The van der Waals surface area contributed by atoms with Crippen molar-refractivity contribution in [1.82, 2.24) is 5.32 Å². The minimum atomic E-state index is -0.584. The Labute approximate surface area is 276 Å². The summed E-state index contributed by atoms with van der Waals surface area (Å²) in [6.07, 6.45) is 2.01. The van der Waals surface area contributed by atoms with Gasteiger partial charge in [-0.1, -0.05) is 31.2 Å². The number of non-ortho nitro benzene ring substituents is 1. The Bertz CT molecular complexity index is 1810. The van der Waals surface area contributed by atoms with Gasteiger partial charge in [-0.25, -0.2) is 0 Å². The lowest BCUT2D eigenvalue weighted by atomic mass is 10.1. The van der Waals surface area contributed by atoms with Crippen molar-refractivity contribution in [1.29, 1.82) is 0 Å². The molecule has 3 amide bonds. The Balaban J connectivity index is 1.55. The number of ether oxygens (including phenoxy) is 2. The molecule has 47 heavy (non-hydrogen) atoms. The highest BCUT2D eigenvalue weighted by Gasteiger charge is 2.21. The molecule has 1 unspecified atom stereocenters. The van der Waals surface area contributed by atoms with Crippen LogP contribution in [0.25, 0.3) is 6.08 Å². The summed E-state index contributed by atoms with van der Waals surface area (Å²) in [6.45, 7) is 3.57. The van der Waals surface area contributed by atoms with Crippen LogP contribution in [-0.4, -0.2) is 42.1 Å². The Morgan fingerprint density at radius 2 is 1.68 bits per heavy atom. The summed E-state index contributed by atoms with van der Waals surface area (Å²) in [4.78, 5) is 51.2. The topological polar surface area (TPSA) is 149 Å². The largest absolute Gasteiger partial charge is 0.497 e. The number of thioether (sulfide) groups is 1. The van der Waals surface area contributed by atoms with E-state index >= 15 is 0 Å². The first-order chi connectivity index (χ1) is 22.6. The molecule has 0 aliphatic carbocycles. The van der Waals surface area contributed by atoms with Gasteiger partial charge in [0.1, 0.15) is 17.2 Å². The van der Waals surface area contributed by atoms with Gasteiger partial charge in [-0.15, -0.1) is 11.8 Å². The summed E-state index contributed by atoms with van der Waals surface area (Å²) in [7, 11) is 3.02. The fourth-order valence-corrected chi connectivity index (χ4v) is 5.51. The molecule has 0 heterocycles. The van der Waals surface area contributed by atoms with Crippen molar-refractivity contribution >= 4 is 52.6 Å². The molecule has 0 saturated heterocycles. The van der Waals surface area contributed by atoms with E-state index in [-0.39, 0.29) is 17.3 Å². The average molecular weight is 655 g/mol. The maximum absolute atomic E-state index is 13.7. The van der Waals surface area contributed by atoms with Crippen molar-refractivity contribution in [3.8, 4) is 11.5 Å². The Hall–Kier alpha value is -5.62. The number of hydrogen-bond acceptors (Lipinski definition) is 8. The van der Waals surface area contributed by atoms with E-state index in [2.05, 4.69) is 16.0 Å². The second-order valence-electron chi connectivity index (χ2n) is 10.2. The van der Waals surface area contributed by atoms with Crippen molar-refractivity contribution in [2.75, 3.05) is 24.9 Å². The monoisotopic (exact) mass is 654 g/mol. The smallest absolute Gasteiger partial charge is 0.272 e. The summed E-state index contributed by atoms with van der Waals surface area (Å²) in [5.74, 6) is -0.312. The number of hydrogen-bond donors (Lipinski definition) is 3. The molecular formula is C35H34N4O7S. The first kappa shape index (κ1) is 34.3. The maximum Gasteiger partial charge on any atom is 0.272 e. The third-order valence-electron chi connectivity index (χ3n) is 6.98. The minimum Gasteiger partial charge on any atom is -0.497 e. The van der Waals surface area contributed by atoms with Gasteiger partial charge in [0, 0.05) is 39.5 Å². The van der Waals surface area contributed by atoms with Crippen molar-refractivity contribution in [2.24, 2.45) is 0 Å². The van der Waals surface area contributed by atoms with Crippen molar-refractivity contribution in [2.45, 2.75) is 30.4 Å². The summed E-state index contributed by atoms with van der Waals surface area (Å²) >= 11 is 1.31. The minimum absolute atomic E-state index is 0.0345. The average Bonchev–Trinajstić information content (AvgIpc) is 3.08. The number of carbonyl (C=O) groups is 3. The molecule has 0 spiro atoms. The number of nitro benzene ring substituents is 1. The first-order valence-electron chi connectivity index (χ1n) is 14.6. The van der Waals surface area contributed by atoms with Crippen LogP contribution < -0.4 is 25.4 Å². The Kier molecular flexibility index (Phi) is 11.7. The van der Waals surface area contributed by atoms with Gasteiger partial charge >= 0.3 is 0 Å². The van der Waals surface area contributed by atoms with Crippen LogP contribution in [0.1, 0.15) is 34.8 Å². The number of nitrogens with zero attached hydrogens (tertiary/aromatic N) is 1. The zero-order valence-corrected chi connectivity index (χ0v) is 27.1. The van der Waals surface area contributed by atoms with Crippen LogP contribution in [0.5, 0.6) is 11.5 Å². The Morgan fingerprint density at radius 3 is 2.34 bits per heavy atom. The standard InChI is InChI=1S/C35H34N4O7S/c1-5-32(35(42)37-29-16-14-26(39(43)44)18-22(29)2)47-28-13-9-12-25(21-28)36-34(41)30(38-33(40)23-10-7-6-8-11-23)20-24-19-27(45-3)15-17-31(24)46-4/h6-21,32H,5H2,1-4H3,(H,36,41)(H,37,42)(H,38,40)/b30-20+. The molecular weight excluding hydrogens is 620 g/mol. The van der Waals surface area contributed by atoms with Gasteiger partial charge < -0.3 is 25.4 Å². The highest BCUT2D eigenvalue weighted by molar-refractivity contribution is 8.00. The predicted octanol–water partition coefficient (Wildman–Crippen LogP) is 6.84. The molecule has 0 aliphatic rings. The third-order valence-corrected chi connectivity index (χ3v) is 8.34. The first-order valence-corrected chi connectivity index (χ1v) is 15.4. The summed E-state index contributed by atoms with van der Waals surface area (Å²) in [5.41, 5.74) is 2.30. The molecule has 4 aromatic carbocycles. The van der Waals surface area contributed by atoms with E-state index in [1.165, 1.54) is 50.3 Å². The van der Waals surface area contributed by atoms with Gasteiger partial charge in [0.25, 0.3) is 17.5 Å². The normalized spacial score (nSPS) is 11.6. The maximum atomic E-state index is 13.7. The van der Waals surface area contributed by atoms with Crippen LogP contribution >= 0.6 is 11.8 Å². The second kappa shape index (κ2) is 16.1. The molecule has 242 valence electrons. The van der Waals surface area contributed by atoms with Crippen LogP contribution in [0, 0.1) is 17.0 Å². The fourth-order valence-electron chi connectivity index (χ4n) is 4.50. The summed E-state index contributed by atoms with van der Waals surface area (Å²) in [5, 5.41) is 19.0. The molecule has 1 atom stereocenters. The van der Waals surface area contributed by atoms with E-state index < -0.39 is 22.0 Å². The number of amides is 3. The van der Waals surface area contributed by atoms with E-state index in [9.17, 15) is 24.5 Å². The zero-order chi connectivity index (χ0) is 33.9. The number of rotatable bonds is 13. The highest BCUT2D eigenvalue weighted by Crippen LogP contribution is 2.30. The van der Waals surface area contributed by atoms with E-state index in [1.54, 1.807) is 73.7 Å². The SMILES string of the molecule is CCC(Sc1cccc(NC(=O)/C(=C\c2cc(OC)ccc2OC)NC(=O)c2ccccc2)c1)C(=O)Nc1ccc([N+](=O)[O-])cc1C. The highest BCUT2D eigenvalue weighted by atomic mass is 32.2. The molecule has 4 rings (SSSR count). The molecule has 0 fully saturated rings. The summed E-state index contributed by atoms with van der Waals surface area (Å²) in [6, 6.07) is 24.9. The lowest BCUT2D eigenvalue weighted by Crippen LogP contribution is -2.30. The quantitative estimate of drug-likeness (QED) is 0.0614. The van der Waals surface area contributed by atoms with Crippen LogP contribution in [0.2, 0.25) is 0 Å². The third kappa shape index (κ3) is 9.21. The van der Waals surface area contributed by atoms with Crippen molar-refractivity contribution in [3.05, 3.63) is 123 Å². The molecule has 3 N–H and O–H groups in total. The number of carbonyl (C=O) groups excluding carboxylic acids is 3. The van der Waals surface area contributed by atoms with Crippen molar-refractivity contribution < 1.29 is 28.8 Å². The van der Waals surface area contributed by atoms with Gasteiger partial charge in [-0.05, 0) is 79.6 Å². The Morgan fingerprint density at radius 1 is 0.915 bits per heavy atom. The number of nitro groups is 1. The zero-order valence-electron chi connectivity index (χ0n) is 26.2. The van der Waals surface area contributed by atoms with E-state index in [1.807, 2.05) is 13.0 Å². The second-order valence-corrected chi connectivity index (χ2v) is 11.5. The number of aryl methyl sites for hydroxylation is 1. The van der Waals surface area contributed by atoms with Gasteiger partial charge in [0.05, 0.1) is 24.4 Å². The number of benzene rings is 4. The van der Waals surface area contributed by atoms with Crippen LogP contribution in [0.4, 0.5) is 17.1 Å². The molecule has 0 aliphatic heterocycles. The predicted molar refractivity (Wildman–Crippen MR) is 183 cm³/mol. The van der Waals surface area contributed by atoms with Gasteiger partial charge in [-0.2, -0.15) is 0 Å². The van der Waals surface area contributed by atoms with Gasteiger partial charge in [0.2, 0.25) is 5.91 Å². The van der Waals surface area contributed by atoms with Crippen LogP contribution in [-0.2, 0) is 9.59 Å². The van der Waals surface area contributed by atoms with Gasteiger partial charge in [-0.3, -0.25) is 24.5 Å². The number of methoxy groups -OCH3 is 2. The van der Waals surface area contributed by atoms with Crippen LogP contribution in [0.15, 0.2) is 102 Å². The molecule has 12 heteroatoms. The lowest BCUT2D eigenvalue weighted by Gasteiger charge is -2.17. The molecule has 4 aromatic rings. The molecule has 0 saturated carbocycles. The van der Waals surface area contributed by atoms with E-state index in [4.69, 9.17) is 9.47 Å². The van der Waals surface area contributed by atoms with Crippen molar-refractivity contribution in [3.63, 3.8) is 0 Å². The fraction of sp³-hybridized carbons (Fsp3) is 0.171. The summed E-state index contributed by atoms with van der Waals surface area (Å²) < 4.78 is 10.8. The molecule has 0 radical (unpaired) electrons. The number of nitrogens with one attached hydrogen (secondary N) is 3. The molecule has 11 nitrogen and oxygen atoms in total. The van der Waals surface area contributed by atoms with E-state index in [0.29, 0.717) is 46.0 Å². The van der Waals surface area contributed by atoms with E-state index in [0.717, 1.165) is 4.90 Å². The van der Waals surface area contributed by atoms with Gasteiger partial charge in [0.15, 0.2) is 0 Å². The lowest BCUT2D eigenvalue weighted by molar-refractivity contribution is -0.384. The molecule has 0 aromatic heterocycles. The number of anilines is 2. The molecule has 0 bridgehead atoms.